The molecule has 0 spiro atoms. The highest BCUT2D eigenvalue weighted by molar-refractivity contribution is 5.96. The predicted octanol–water partition coefficient (Wildman–Crippen LogP) is -0.593. The summed E-state index contributed by atoms with van der Waals surface area (Å²) >= 11 is 0. The van der Waals surface area contributed by atoms with Crippen LogP contribution in [0.15, 0.2) is 11.3 Å². The summed E-state index contributed by atoms with van der Waals surface area (Å²) in [7, 11) is 0. The summed E-state index contributed by atoms with van der Waals surface area (Å²) < 4.78 is 5.33. The Bertz CT molecular complexity index is 1300. The van der Waals surface area contributed by atoms with Crippen LogP contribution >= 0.6 is 0 Å². The second kappa shape index (κ2) is 18.6. The number of nitrogens with one attached hydrogen (secondary N) is 5. The van der Waals surface area contributed by atoms with Gasteiger partial charge < -0.3 is 47.3 Å². The summed E-state index contributed by atoms with van der Waals surface area (Å²) in [5, 5.41) is 41.2. The van der Waals surface area contributed by atoms with Gasteiger partial charge in [0.25, 0.3) is 0 Å². The van der Waals surface area contributed by atoms with E-state index in [9.17, 15) is 49.0 Å². The number of allylic oxidation sites excluding steroid dienone is 1. The Kier molecular flexibility index (Phi) is 16.0. The van der Waals surface area contributed by atoms with Gasteiger partial charge in [-0.25, -0.2) is 9.59 Å². The monoisotopic (exact) mass is 679 g/mol. The largest absolute Gasteiger partial charge is 0.480 e. The standard InChI is InChI=1S/C31H49N7O10/c1-15(2)10-20(35-23(39)14-33)26(41)36-21(12-24(40)48-31(5,6)7)27(42)38-25(16(3)4)28(43)37-22(30(46)47)11-17(13-32)18-8-9-19(34-18)29(44)45/h15-16,19-22,25,34H,8-12,14,33H2,1-7H3,(H,35,39)(H,36,41)(H,37,43)(H,38,42)(H,44,45)(H,46,47)/b18-17+/t19-,20-,21-,22-,25-/m0/s1. The first-order chi connectivity index (χ1) is 22.2. The molecule has 1 heterocycles. The zero-order valence-electron chi connectivity index (χ0n) is 28.5. The van der Waals surface area contributed by atoms with Crippen molar-refractivity contribution >= 4 is 41.5 Å². The van der Waals surface area contributed by atoms with E-state index in [1.54, 1.807) is 34.6 Å². The lowest BCUT2D eigenvalue weighted by atomic mass is 9.99. The van der Waals surface area contributed by atoms with Crippen molar-refractivity contribution in [3.63, 3.8) is 0 Å². The van der Waals surface area contributed by atoms with Crippen LogP contribution in [0.5, 0.6) is 0 Å². The minimum Gasteiger partial charge on any atom is -0.480 e. The van der Waals surface area contributed by atoms with Gasteiger partial charge in [-0.1, -0.05) is 27.7 Å². The Morgan fingerprint density at radius 2 is 1.50 bits per heavy atom. The molecule has 0 aromatic rings. The number of ether oxygens (including phenoxy) is 1. The van der Waals surface area contributed by atoms with Gasteiger partial charge in [0.15, 0.2) is 0 Å². The van der Waals surface area contributed by atoms with Gasteiger partial charge in [-0.2, -0.15) is 5.26 Å². The fourth-order valence-electron chi connectivity index (χ4n) is 4.74. The highest BCUT2D eigenvalue weighted by atomic mass is 16.6. The Morgan fingerprint density at radius 1 is 0.917 bits per heavy atom. The second-order valence-electron chi connectivity index (χ2n) is 13.3. The van der Waals surface area contributed by atoms with Gasteiger partial charge in [0, 0.05) is 12.1 Å². The number of nitrogens with zero attached hydrogens (tertiary/aromatic N) is 1. The van der Waals surface area contributed by atoms with Crippen molar-refractivity contribution in [2.75, 3.05) is 6.54 Å². The third kappa shape index (κ3) is 14.0. The lowest BCUT2D eigenvalue weighted by Crippen LogP contribution is -2.59. The van der Waals surface area contributed by atoms with Gasteiger partial charge in [0.1, 0.15) is 35.8 Å². The number of carboxylic acid groups (broad SMARTS) is 2. The number of amides is 4. The highest BCUT2D eigenvalue weighted by Crippen LogP contribution is 2.22. The molecule has 0 radical (unpaired) electrons. The van der Waals surface area contributed by atoms with Gasteiger partial charge in [-0.05, 0) is 51.9 Å². The molecule has 5 atom stereocenters. The molecule has 17 heteroatoms. The summed E-state index contributed by atoms with van der Waals surface area (Å²) in [6, 6.07) is -4.71. The van der Waals surface area contributed by atoms with E-state index in [4.69, 9.17) is 10.5 Å². The van der Waals surface area contributed by atoms with E-state index in [0.717, 1.165) is 0 Å². The number of carboxylic acids is 2. The lowest BCUT2D eigenvalue weighted by molar-refractivity contribution is -0.156. The smallest absolute Gasteiger partial charge is 0.326 e. The van der Waals surface area contributed by atoms with Gasteiger partial charge in [0.2, 0.25) is 23.6 Å². The molecule has 1 saturated heterocycles. The molecule has 1 aliphatic heterocycles. The Balaban J connectivity index is 3.28. The summed E-state index contributed by atoms with van der Waals surface area (Å²) in [4.78, 5) is 88.4. The van der Waals surface area contributed by atoms with Crippen molar-refractivity contribution in [1.82, 2.24) is 26.6 Å². The number of carbonyl (C=O) groups excluding carboxylic acids is 5. The van der Waals surface area contributed by atoms with E-state index in [1.165, 1.54) is 0 Å². The van der Waals surface area contributed by atoms with E-state index in [0.29, 0.717) is 0 Å². The van der Waals surface area contributed by atoms with E-state index in [-0.39, 0.29) is 36.5 Å². The van der Waals surface area contributed by atoms with Crippen LogP contribution in [0.4, 0.5) is 0 Å². The first-order valence-corrected chi connectivity index (χ1v) is 15.7. The molecular weight excluding hydrogens is 630 g/mol. The molecule has 0 aliphatic carbocycles. The molecule has 0 saturated carbocycles. The number of hydrogen-bond donors (Lipinski definition) is 8. The SMILES string of the molecule is CC(C)C[C@H](NC(=O)CN)C(=O)N[C@@H](CC(=O)OC(C)(C)C)C(=O)N[C@H](C(=O)N[C@@H](C/C(C#N)=C1/CC[C@@H](C(=O)O)N1)C(=O)O)C(C)C. The molecular formula is C31H49N7O10. The molecule has 0 aromatic heterocycles. The zero-order valence-corrected chi connectivity index (χ0v) is 28.5. The number of hydrogen-bond acceptors (Lipinski definition) is 11. The van der Waals surface area contributed by atoms with Crippen LogP contribution in [0.1, 0.15) is 80.6 Å². The molecule has 9 N–H and O–H groups in total. The molecule has 1 rings (SSSR count). The Labute approximate surface area is 279 Å². The number of nitrogens with two attached hydrogens (primary N) is 1. The number of rotatable bonds is 17. The maximum Gasteiger partial charge on any atom is 0.326 e. The lowest BCUT2D eigenvalue weighted by Gasteiger charge is -2.28. The van der Waals surface area contributed by atoms with Crippen molar-refractivity contribution < 1.29 is 48.5 Å². The minimum absolute atomic E-state index is 0.0469. The molecule has 1 fully saturated rings. The molecule has 0 unspecified atom stereocenters. The first-order valence-electron chi connectivity index (χ1n) is 15.7. The molecule has 0 bridgehead atoms. The van der Waals surface area contributed by atoms with Crippen LogP contribution in [0, 0.1) is 23.2 Å². The summed E-state index contributed by atoms with van der Waals surface area (Å²) in [6.07, 6.45) is -0.529. The zero-order chi connectivity index (χ0) is 36.9. The normalized spacial score (nSPS) is 17.9. The van der Waals surface area contributed by atoms with Gasteiger partial charge in [-0.3, -0.25) is 24.0 Å². The topological polar surface area (TPSA) is 279 Å². The third-order valence-electron chi connectivity index (χ3n) is 7.07. The molecule has 4 amide bonds. The molecule has 0 aromatic carbocycles. The van der Waals surface area contributed by atoms with Gasteiger partial charge in [0.05, 0.1) is 24.6 Å². The predicted molar refractivity (Wildman–Crippen MR) is 170 cm³/mol. The Morgan fingerprint density at radius 3 is 1.96 bits per heavy atom. The van der Waals surface area contributed by atoms with Crippen molar-refractivity contribution in [3.05, 3.63) is 11.3 Å². The fraction of sp³-hybridized carbons (Fsp3) is 0.677. The second-order valence-corrected chi connectivity index (χ2v) is 13.3. The maximum absolute atomic E-state index is 13.6. The molecule has 268 valence electrons. The van der Waals surface area contributed by atoms with E-state index in [2.05, 4.69) is 26.6 Å². The van der Waals surface area contributed by atoms with Gasteiger partial charge in [-0.15, -0.1) is 0 Å². The average Bonchev–Trinajstić information content (AvgIpc) is 3.46. The average molecular weight is 680 g/mol. The molecule has 48 heavy (non-hydrogen) atoms. The van der Waals surface area contributed by atoms with Crippen molar-refractivity contribution in [3.8, 4) is 6.07 Å². The van der Waals surface area contributed by atoms with Crippen LogP contribution in [0.2, 0.25) is 0 Å². The summed E-state index contributed by atoms with van der Waals surface area (Å²) in [6.45, 7) is 11.2. The van der Waals surface area contributed by atoms with E-state index < -0.39 is 103 Å². The number of carbonyl (C=O) groups is 7. The van der Waals surface area contributed by atoms with Crippen LogP contribution in [0.3, 0.4) is 0 Å². The maximum atomic E-state index is 13.6. The van der Waals surface area contributed by atoms with Crippen molar-refractivity contribution in [2.24, 2.45) is 17.6 Å². The van der Waals surface area contributed by atoms with E-state index in [1.807, 2.05) is 19.9 Å². The number of esters is 1. The Hall–Kier alpha value is -4.72. The first kappa shape index (κ1) is 41.3. The molecule has 1 aliphatic rings. The molecule has 17 nitrogen and oxygen atoms in total. The fourth-order valence-corrected chi connectivity index (χ4v) is 4.74. The summed E-state index contributed by atoms with van der Waals surface area (Å²) in [5.74, 6) is -7.42. The quantitative estimate of drug-likeness (QED) is 0.0706. The van der Waals surface area contributed by atoms with Crippen LogP contribution in [0.25, 0.3) is 0 Å². The van der Waals surface area contributed by atoms with E-state index >= 15 is 0 Å². The highest BCUT2D eigenvalue weighted by Gasteiger charge is 2.35. The number of aliphatic carboxylic acids is 2. The van der Waals surface area contributed by atoms with Crippen LogP contribution < -0.4 is 32.3 Å². The number of nitriles is 1. The van der Waals surface area contributed by atoms with Gasteiger partial charge >= 0.3 is 17.9 Å². The third-order valence-corrected chi connectivity index (χ3v) is 7.07. The van der Waals surface area contributed by atoms with Crippen molar-refractivity contribution in [2.45, 2.75) is 116 Å². The minimum atomic E-state index is -1.62. The van der Waals surface area contributed by atoms with Crippen LogP contribution in [-0.2, 0) is 38.3 Å². The van der Waals surface area contributed by atoms with Crippen LogP contribution in [-0.4, -0.2) is 94.1 Å². The van der Waals surface area contributed by atoms with Crippen molar-refractivity contribution in [1.29, 1.82) is 5.26 Å². The summed E-state index contributed by atoms with van der Waals surface area (Å²) in [5.41, 5.74) is 4.67.